The van der Waals surface area contributed by atoms with E-state index >= 15 is 0 Å². The number of aromatic nitrogens is 5. The summed E-state index contributed by atoms with van der Waals surface area (Å²) in [5.41, 5.74) is -0.115. The van der Waals surface area contributed by atoms with Crippen LogP contribution in [-0.2, 0) is 17.5 Å². The van der Waals surface area contributed by atoms with E-state index in [9.17, 15) is 22.0 Å². The van der Waals surface area contributed by atoms with Crippen molar-refractivity contribution in [3.63, 3.8) is 0 Å². The minimum absolute atomic E-state index is 0.301. The third-order valence-corrected chi connectivity index (χ3v) is 6.31. The maximum absolute atomic E-state index is 13.1. The van der Waals surface area contributed by atoms with Gasteiger partial charge in [0.25, 0.3) is 6.43 Å². The third-order valence-electron chi connectivity index (χ3n) is 6.31. The van der Waals surface area contributed by atoms with E-state index in [-0.39, 0.29) is 0 Å². The molecular weight excluding hydrogens is 461 g/mol. The Kier molecular flexibility index (Phi) is 5.74. The Hall–Kier alpha value is -3.09. The number of anilines is 2. The van der Waals surface area contributed by atoms with Gasteiger partial charge in [-0.15, -0.1) is 0 Å². The molecule has 2 saturated heterocycles. The van der Waals surface area contributed by atoms with Crippen LogP contribution in [0.15, 0.2) is 30.9 Å². The average Bonchev–Trinajstić information content (AvgIpc) is 3.20. The van der Waals surface area contributed by atoms with E-state index in [0.717, 1.165) is 16.9 Å². The first-order chi connectivity index (χ1) is 16.2. The second-order valence-electron chi connectivity index (χ2n) is 8.52. The molecule has 182 valence electrons. The zero-order valence-corrected chi connectivity index (χ0v) is 18.0. The number of piperidine rings is 1. The van der Waals surface area contributed by atoms with Crippen molar-refractivity contribution in [3.8, 4) is 0 Å². The molecule has 0 N–H and O–H groups in total. The van der Waals surface area contributed by atoms with Gasteiger partial charge in [0, 0.05) is 32.4 Å². The molecule has 34 heavy (non-hydrogen) atoms. The van der Waals surface area contributed by atoms with E-state index in [1.165, 1.54) is 12.4 Å². The zero-order chi connectivity index (χ0) is 23.9. The number of alkyl halides is 5. The molecule has 2 fully saturated rings. The molecular formula is C21H22F5N7O. The number of hydrogen-bond acceptors (Lipinski definition) is 7. The highest BCUT2D eigenvalue weighted by molar-refractivity contribution is 5.71. The van der Waals surface area contributed by atoms with Gasteiger partial charge in [-0.05, 0) is 18.9 Å². The topological polar surface area (TPSA) is 72.2 Å². The van der Waals surface area contributed by atoms with E-state index in [1.807, 2.05) is 9.80 Å². The van der Waals surface area contributed by atoms with Gasteiger partial charge in [0.2, 0.25) is 0 Å². The molecule has 0 saturated carbocycles. The largest absolute Gasteiger partial charge is 0.417 e. The molecule has 1 spiro atoms. The SMILES string of the molecule is FC(F)Cn1ncc2ncc(N3CCC4(CC3)CN(c3cncc(C(F)(F)F)c3)CCO4)nc21. The Morgan fingerprint density at radius 3 is 2.56 bits per heavy atom. The highest BCUT2D eigenvalue weighted by atomic mass is 19.4. The Morgan fingerprint density at radius 2 is 1.82 bits per heavy atom. The summed E-state index contributed by atoms with van der Waals surface area (Å²) >= 11 is 0. The molecule has 5 heterocycles. The summed E-state index contributed by atoms with van der Waals surface area (Å²) < 4.78 is 72.2. The van der Waals surface area contributed by atoms with Gasteiger partial charge in [-0.1, -0.05) is 0 Å². The number of hydrogen-bond donors (Lipinski definition) is 0. The van der Waals surface area contributed by atoms with Gasteiger partial charge < -0.3 is 14.5 Å². The molecule has 0 unspecified atom stereocenters. The molecule has 13 heteroatoms. The van der Waals surface area contributed by atoms with E-state index in [0.29, 0.717) is 68.3 Å². The van der Waals surface area contributed by atoms with Crippen LogP contribution in [0.2, 0.25) is 0 Å². The van der Waals surface area contributed by atoms with Gasteiger partial charge in [0.05, 0.1) is 42.0 Å². The fourth-order valence-electron chi connectivity index (χ4n) is 4.52. The molecule has 0 aliphatic carbocycles. The number of rotatable bonds is 4. The van der Waals surface area contributed by atoms with Crippen molar-refractivity contribution >= 4 is 22.7 Å². The van der Waals surface area contributed by atoms with Crippen LogP contribution in [0.4, 0.5) is 33.5 Å². The lowest BCUT2D eigenvalue weighted by Gasteiger charge is -2.48. The number of ether oxygens (including phenoxy) is 1. The summed E-state index contributed by atoms with van der Waals surface area (Å²) in [5.74, 6) is 0.563. The van der Waals surface area contributed by atoms with Crippen LogP contribution >= 0.6 is 0 Å². The van der Waals surface area contributed by atoms with Crippen molar-refractivity contribution in [2.45, 2.75) is 37.6 Å². The summed E-state index contributed by atoms with van der Waals surface area (Å²) in [4.78, 5) is 16.5. The lowest BCUT2D eigenvalue weighted by molar-refractivity contribution is -0.137. The lowest BCUT2D eigenvalue weighted by Crippen LogP contribution is -2.57. The molecule has 0 amide bonds. The van der Waals surface area contributed by atoms with Crippen molar-refractivity contribution in [2.75, 3.05) is 42.6 Å². The van der Waals surface area contributed by atoms with Crippen molar-refractivity contribution in [2.24, 2.45) is 0 Å². The van der Waals surface area contributed by atoms with E-state index in [2.05, 4.69) is 20.1 Å². The highest BCUT2D eigenvalue weighted by Crippen LogP contribution is 2.35. The minimum Gasteiger partial charge on any atom is -0.371 e. The molecule has 0 bridgehead atoms. The molecule has 8 nitrogen and oxygen atoms in total. The first kappa shape index (κ1) is 22.7. The summed E-state index contributed by atoms with van der Waals surface area (Å²) in [6, 6.07) is 1.12. The summed E-state index contributed by atoms with van der Waals surface area (Å²) in [7, 11) is 0. The standard InChI is InChI=1S/C21H22F5N7O/c22-17(23)12-33-19-16(10-29-33)28-11-18(30-19)31-3-1-20(2-4-31)13-32(5-6-34-20)15-7-14(8-27-9-15)21(24,25)26/h7-11,17H,1-6,12-13H2. The third kappa shape index (κ3) is 4.48. The summed E-state index contributed by atoms with van der Waals surface area (Å²) in [6.07, 6.45) is -0.478. The summed E-state index contributed by atoms with van der Waals surface area (Å²) in [5, 5.41) is 3.94. The maximum Gasteiger partial charge on any atom is 0.417 e. The predicted molar refractivity (Wildman–Crippen MR) is 113 cm³/mol. The molecule has 0 atom stereocenters. The van der Waals surface area contributed by atoms with Crippen LogP contribution in [0.3, 0.4) is 0 Å². The van der Waals surface area contributed by atoms with Crippen molar-refractivity contribution < 1.29 is 26.7 Å². The van der Waals surface area contributed by atoms with Gasteiger partial charge in [0.1, 0.15) is 17.9 Å². The molecule has 0 radical (unpaired) electrons. The number of pyridine rings is 1. The van der Waals surface area contributed by atoms with Gasteiger partial charge in [-0.2, -0.15) is 18.3 Å². The van der Waals surface area contributed by atoms with Gasteiger partial charge in [0.15, 0.2) is 5.65 Å². The molecule has 0 aromatic carbocycles. The maximum atomic E-state index is 13.1. The van der Waals surface area contributed by atoms with Gasteiger partial charge in [-0.3, -0.25) is 4.98 Å². The summed E-state index contributed by atoms with van der Waals surface area (Å²) in [6.45, 7) is 1.93. The zero-order valence-electron chi connectivity index (χ0n) is 18.0. The fraction of sp³-hybridized carbons (Fsp3) is 0.524. The van der Waals surface area contributed by atoms with Crippen LogP contribution in [0.5, 0.6) is 0 Å². The second-order valence-corrected chi connectivity index (χ2v) is 8.52. The lowest BCUT2D eigenvalue weighted by atomic mass is 9.89. The number of fused-ring (bicyclic) bond motifs is 1. The van der Waals surface area contributed by atoms with Crippen LogP contribution in [0.1, 0.15) is 18.4 Å². The van der Waals surface area contributed by atoms with Gasteiger partial charge in [-0.25, -0.2) is 23.4 Å². The van der Waals surface area contributed by atoms with Crippen molar-refractivity contribution in [3.05, 3.63) is 36.4 Å². The van der Waals surface area contributed by atoms with E-state index in [1.54, 1.807) is 6.20 Å². The number of morpholine rings is 1. The van der Waals surface area contributed by atoms with Crippen molar-refractivity contribution in [1.82, 2.24) is 24.7 Å². The fourth-order valence-corrected chi connectivity index (χ4v) is 4.52. The van der Waals surface area contributed by atoms with E-state index < -0.39 is 30.3 Å². The second kappa shape index (κ2) is 8.60. The van der Waals surface area contributed by atoms with Gasteiger partial charge >= 0.3 is 6.18 Å². The minimum atomic E-state index is -4.45. The molecule has 5 rings (SSSR count). The molecule has 3 aromatic heterocycles. The molecule has 3 aromatic rings. The Morgan fingerprint density at radius 1 is 1.03 bits per heavy atom. The normalized spacial score (nSPS) is 18.9. The van der Waals surface area contributed by atoms with E-state index in [4.69, 9.17) is 4.74 Å². The smallest absolute Gasteiger partial charge is 0.371 e. The predicted octanol–water partition coefficient (Wildman–Crippen LogP) is 3.38. The van der Waals surface area contributed by atoms with Crippen LogP contribution < -0.4 is 9.80 Å². The Balaban J connectivity index is 1.29. The number of nitrogens with zero attached hydrogens (tertiary/aromatic N) is 7. The first-order valence-electron chi connectivity index (χ1n) is 10.9. The monoisotopic (exact) mass is 483 g/mol. The number of halogens is 5. The van der Waals surface area contributed by atoms with Crippen molar-refractivity contribution in [1.29, 1.82) is 0 Å². The highest BCUT2D eigenvalue weighted by Gasteiger charge is 2.41. The Labute approximate surface area is 191 Å². The average molecular weight is 483 g/mol. The van der Waals surface area contributed by atoms with Crippen LogP contribution in [-0.4, -0.2) is 69.5 Å². The molecule has 2 aliphatic rings. The molecule has 2 aliphatic heterocycles. The van der Waals surface area contributed by atoms with Crippen LogP contribution in [0, 0.1) is 0 Å². The van der Waals surface area contributed by atoms with Crippen LogP contribution in [0.25, 0.3) is 11.2 Å². The quantitative estimate of drug-likeness (QED) is 0.527. The Bertz CT molecular complexity index is 1160. The first-order valence-corrected chi connectivity index (χ1v) is 10.9.